The van der Waals surface area contributed by atoms with Gasteiger partial charge in [-0.25, -0.2) is 0 Å². The smallest absolute Gasteiger partial charge is 0.219 e. The van der Waals surface area contributed by atoms with E-state index < -0.39 is 8.07 Å². The summed E-state index contributed by atoms with van der Waals surface area (Å²) in [7, 11) is -1.37. The molecule has 1 amide bonds. The molecule has 1 heterocycles. The van der Waals surface area contributed by atoms with Crippen LogP contribution in [0.5, 0.6) is 0 Å². The number of carbonyl (C=O) groups excluding carboxylic acids is 1. The summed E-state index contributed by atoms with van der Waals surface area (Å²) < 4.78 is 1.07. The Morgan fingerprint density at radius 2 is 1.92 bits per heavy atom. The van der Waals surface area contributed by atoms with Gasteiger partial charge in [-0.2, -0.15) is 0 Å². The van der Waals surface area contributed by atoms with E-state index in [0.29, 0.717) is 0 Å². The van der Waals surface area contributed by atoms with Crippen molar-refractivity contribution in [3.05, 3.63) is 28.7 Å². The highest BCUT2D eigenvalue weighted by Gasteiger charge is 2.35. The van der Waals surface area contributed by atoms with Crippen molar-refractivity contribution < 1.29 is 4.79 Å². The van der Waals surface area contributed by atoms with Crippen molar-refractivity contribution in [2.45, 2.75) is 51.4 Å². The zero-order chi connectivity index (χ0) is 17.8. The molecule has 1 saturated heterocycles. The number of likely N-dealkylation sites (tertiary alicyclic amines) is 1. The quantitative estimate of drug-likeness (QED) is 0.591. The Labute approximate surface area is 155 Å². The first-order valence-electron chi connectivity index (χ1n) is 8.49. The summed E-state index contributed by atoms with van der Waals surface area (Å²) in [5.74, 6) is 3.61. The first-order valence-corrected chi connectivity index (χ1v) is 12.8. The minimum atomic E-state index is -1.37. The zero-order valence-electron chi connectivity index (χ0n) is 15.1. The molecule has 24 heavy (non-hydrogen) atoms. The fourth-order valence-corrected chi connectivity index (χ4v) is 3.93. The number of anilines is 1. The molecular formula is C19H27BrN2OSi. The van der Waals surface area contributed by atoms with Crippen LogP contribution >= 0.6 is 15.9 Å². The topological polar surface area (TPSA) is 32.3 Å². The SMILES string of the molecule is CC(=O)N1CCC(CC#C[Si](C)(C)C)(Nc2ccccc2Br)CC1. The number of carbonyl (C=O) groups is 1. The minimum absolute atomic E-state index is 0.0670. The summed E-state index contributed by atoms with van der Waals surface area (Å²) in [4.78, 5) is 13.6. The summed E-state index contributed by atoms with van der Waals surface area (Å²) in [5, 5.41) is 3.74. The fourth-order valence-electron chi connectivity index (χ4n) is 2.92. The summed E-state index contributed by atoms with van der Waals surface area (Å²) in [6.45, 7) is 10.0. The van der Waals surface area contributed by atoms with Crippen LogP contribution < -0.4 is 5.32 Å². The second kappa shape index (κ2) is 7.75. The van der Waals surface area contributed by atoms with Crippen LogP contribution in [0.25, 0.3) is 0 Å². The largest absolute Gasteiger partial charge is 0.378 e. The second-order valence-electron chi connectivity index (χ2n) is 7.62. The van der Waals surface area contributed by atoms with Crippen LogP contribution in [0.4, 0.5) is 5.69 Å². The van der Waals surface area contributed by atoms with E-state index in [9.17, 15) is 4.79 Å². The van der Waals surface area contributed by atoms with Crippen molar-refractivity contribution in [1.82, 2.24) is 4.90 Å². The number of hydrogen-bond acceptors (Lipinski definition) is 2. The van der Waals surface area contributed by atoms with Gasteiger partial charge in [0.25, 0.3) is 0 Å². The van der Waals surface area contributed by atoms with Gasteiger partial charge in [0.15, 0.2) is 0 Å². The Kier molecular flexibility index (Phi) is 6.16. The number of nitrogens with one attached hydrogen (secondary N) is 1. The zero-order valence-corrected chi connectivity index (χ0v) is 17.7. The van der Waals surface area contributed by atoms with E-state index >= 15 is 0 Å². The number of piperidine rings is 1. The van der Waals surface area contributed by atoms with E-state index in [2.05, 4.69) is 64.5 Å². The molecule has 0 bridgehead atoms. The molecule has 0 radical (unpaired) electrons. The maximum Gasteiger partial charge on any atom is 0.219 e. The van der Waals surface area contributed by atoms with Crippen LogP contribution in [-0.4, -0.2) is 37.5 Å². The molecule has 0 spiro atoms. The lowest BCUT2D eigenvalue weighted by Crippen LogP contribution is -2.50. The lowest BCUT2D eigenvalue weighted by molar-refractivity contribution is -0.130. The molecule has 3 nitrogen and oxygen atoms in total. The number of benzene rings is 1. The van der Waals surface area contributed by atoms with Crippen LogP contribution in [0, 0.1) is 11.5 Å². The number of nitrogens with zero attached hydrogens (tertiary/aromatic N) is 1. The first-order chi connectivity index (χ1) is 11.2. The number of rotatable bonds is 3. The molecule has 0 aromatic heterocycles. The Balaban J connectivity index is 2.20. The third-order valence-corrected chi connectivity index (χ3v) is 5.95. The lowest BCUT2D eigenvalue weighted by Gasteiger charge is -2.42. The molecule has 1 aliphatic heterocycles. The second-order valence-corrected chi connectivity index (χ2v) is 13.2. The molecule has 0 atom stereocenters. The third-order valence-electron chi connectivity index (χ3n) is 4.33. The van der Waals surface area contributed by atoms with Crippen LogP contribution in [0.2, 0.25) is 19.6 Å². The highest BCUT2D eigenvalue weighted by atomic mass is 79.9. The maximum absolute atomic E-state index is 11.6. The van der Waals surface area contributed by atoms with Crippen LogP contribution in [0.3, 0.4) is 0 Å². The van der Waals surface area contributed by atoms with Crippen molar-refractivity contribution in [3.63, 3.8) is 0 Å². The maximum atomic E-state index is 11.6. The normalized spacial score (nSPS) is 17.0. The number of halogens is 1. The van der Waals surface area contributed by atoms with Gasteiger partial charge in [-0.15, -0.1) is 11.5 Å². The summed E-state index contributed by atoms with van der Waals surface area (Å²) in [6.07, 6.45) is 2.67. The van der Waals surface area contributed by atoms with Gasteiger partial charge < -0.3 is 10.2 Å². The number of hydrogen-bond donors (Lipinski definition) is 1. The van der Waals surface area contributed by atoms with E-state index in [1.165, 1.54) is 0 Å². The van der Waals surface area contributed by atoms with Gasteiger partial charge in [0.05, 0.1) is 5.54 Å². The van der Waals surface area contributed by atoms with E-state index in [4.69, 9.17) is 0 Å². The Hall–Kier alpha value is -1.25. The Morgan fingerprint density at radius 1 is 1.29 bits per heavy atom. The minimum Gasteiger partial charge on any atom is -0.378 e. The third kappa shape index (κ3) is 5.39. The lowest BCUT2D eigenvalue weighted by atomic mass is 9.84. The average Bonchev–Trinajstić information content (AvgIpc) is 2.49. The van der Waals surface area contributed by atoms with Crippen molar-refractivity contribution in [3.8, 4) is 11.5 Å². The number of amides is 1. The van der Waals surface area contributed by atoms with Gasteiger partial charge in [-0.1, -0.05) is 31.8 Å². The highest BCUT2D eigenvalue weighted by Crippen LogP contribution is 2.33. The van der Waals surface area contributed by atoms with Crippen molar-refractivity contribution in [2.75, 3.05) is 18.4 Å². The highest BCUT2D eigenvalue weighted by molar-refractivity contribution is 9.10. The van der Waals surface area contributed by atoms with E-state index in [1.807, 2.05) is 17.0 Å². The molecule has 0 saturated carbocycles. The predicted octanol–water partition coefficient (Wildman–Crippen LogP) is 4.51. The average molecular weight is 407 g/mol. The van der Waals surface area contributed by atoms with Crippen LogP contribution in [-0.2, 0) is 4.79 Å². The molecule has 130 valence electrons. The molecule has 1 aliphatic rings. The first kappa shape index (κ1) is 19.1. The molecule has 5 heteroatoms. The van der Waals surface area contributed by atoms with Crippen molar-refractivity contribution in [2.24, 2.45) is 0 Å². The van der Waals surface area contributed by atoms with Gasteiger partial charge in [-0.3, -0.25) is 4.79 Å². The Bertz CT molecular complexity index is 649. The van der Waals surface area contributed by atoms with Crippen LogP contribution in [0.1, 0.15) is 26.2 Å². The van der Waals surface area contributed by atoms with Crippen molar-refractivity contribution in [1.29, 1.82) is 0 Å². The molecule has 1 N–H and O–H groups in total. The van der Waals surface area contributed by atoms with Gasteiger partial charge in [0.2, 0.25) is 5.91 Å². The number of para-hydroxylation sites is 1. The predicted molar refractivity (Wildman–Crippen MR) is 108 cm³/mol. The van der Waals surface area contributed by atoms with Gasteiger partial charge in [0.1, 0.15) is 8.07 Å². The molecule has 2 rings (SSSR count). The summed E-state index contributed by atoms with van der Waals surface area (Å²) >= 11 is 3.63. The van der Waals surface area contributed by atoms with Crippen molar-refractivity contribution >= 4 is 35.6 Å². The Morgan fingerprint density at radius 3 is 2.46 bits per heavy atom. The summed E-state index contributed by atoms with van der Waals surface area (Å²) in [6, 6.07) is 8.20. The van der Waals surface area contributed by atoms with Gasteiger partial charge in [-0.05, 0) is 40.9 Å². The van der Waals surface area contributed by atoms with E-state index in [1.54, 1.807) is 6.92 Å². The molecule has 1 fully saturated rings. The molecular weight excluding hydrogens is 380 g/mol. The summed E-state index contributed by atoms with van der Waals surface area (Å²) in [5.41, 5.74) is 4.52. The molecule has 0 aliphatic carbocycles. The monoisotopic (exact) mass is 406 g/mol. The molecule has 1 aromatic carbocycles. The van der Waals surface area contributed by atoms with E-state index in [-0.39, 0.29) is 11.4 Å². The molecule has 1 aromatic rings. The fraction of sp³-hybridized carbons (Fsp3) is 0.526. The standard InChI is InChI=1S/C19H27BrN2OSi/c1-16(23)22-13-11-19(12-14-22,10-7-15-24(2,3)4)21-18-9-6-5-8-17(18)20/h5-6,8-9,21H,10-14H2,1-4H3. The van der Waals surface area contributed by atoms with Crippen LogP contribution in [0.15, 0.2) is 28.7 Å². The van der Waals surface area contributed by atoms with Gasteiger partial charge >= 0.3 is 0 Å². The van der Waals surface area contributed by atoms with Gasteiger partial charge in [0, 0.05) is 36.6 Å². The van der Waals surface area contributed by atoms with E-state index in [0.717, 1.165) is 42.5 Å². The molecule has 0 unspecified atom stereocenters.